The number of hydrogen-bond acceptors (Lipinski definition) is 3. The molecular weight excluding hydrogens is 230 g/mol. The van der Waals surface area contributed by atoms with Gasteiger partial charge in [-0.2, -0.15) is 0 Å². The Labute approximate surface area is 98.0 Å². The third kappa shape index (κ3) is 2.03. The van der Waals surface area contributed by atoms with Gasteiger partial charge in [-0.15, -0.1) is 0 Å². The molecule has 1 aliphatic rings. The second-order valence-electron chi connectivity index (χ2n) is 4.33. The highest BCUT2D eigenvalue weighted by atomic mass is 35.5. The van der Waals surface area contributed by atoms with Crippen LogP contribution in [0.4, 0.5) is 5.69 Å². The molecule has 0 amide bonds. The van der Waals surface area contributed by atoms with Crippen LogP contribution in [0.25, 0.3) is 0 Å². The van der Waals surface area contributed by atoms with Crippen molar-refractivity contribution in [3.8, 4) is 0 Å². The molecule has 0 spiro atoms. The summed E-state index contributed by atoms with van der Waals surface area (Å²) in [5.41, 5.74) is 0.420. The van der Waals surface area contributed by atoms with Gasteiger partial charge in [-0.1, -0.05) is 17.7 Å². The van der Waals surface area contributed by atoms with Gasteiger partial charge in [0, 0.05) is 18.2 Å². The molecule has 0 aromatic heterocycles. The van der Waals surface area contributed by atoms with E-state index in [1.807, 2.05) is 0 Å². The number of hydrogen-bond donors (Lipinski definition) is 1. The van der Waals surface area contributed by atoms with Crippen molar-refractivity contribution in [3.05, 3.63) is 38.9 Å². The highest BCUT2D eigenvalue weighted by molar-refractivity contribution is 6.31. The summed E-state index contributed by atoms with van der Waals surface area (Å²) in [6.45, 7) is 0.0649. The average Bonchev–Trinajstić information content (AvgIpc) is 3.01. The van der Waals surface area contributed by atoms with Gasteiger partial charge in [-0.25, -0.2) is 0 Å². The first-order chi connectivity index (χ1) is 7.58. The summed E-state index contributed by atoms with van der Waals surface area (Å²) in [5, 5.41) is 20.5. The Morgan fingerprint density at radius 3 is 2.69 bits per heavy atom. The van der Waals surface area contributed by atoms with E-state index in [9.17, 15) is 15.2 Å². The predicted octanol–water partition coefficient (Wildman–Crippen LogP) is 2.56. The molecular formula is C11H12ClNO3. The minimum Gasteiger partial charge on any atom is -0.396 e. The van der Waals surface area contributed by atoms with Gasteiger partial charge < -0.3 is 5.11 Å². The number of halogens is 1. The Morgan fingerprint density at radius 1 is 1.50 bits per heavy atom. The second kappa shape index (κ2) is 4.03. The van der Waals surface area contributed by atoms with Crippen LogP contribution in [0, 0.1) is 15.5 Å². The summed E-state index contributed by atoms with van der Waals surface area (Å²) in [6.07, 6.45) is 2.30. The molecule has 1 N–H and O–H groups in total. The maximum atomic E-state index is 10.9. The Balaban J connectivity index is 2.35. The predicted molar refractivity (Wildman–Crippen MR) is 60.6 cm³/mol. The summed E-state index contributed by atoms with van der Waals surface area (Å²) < 4.78 is 0. The van der Waals surface area contributed by atoms with Crippen molar-refractivity contribution < 1.29 is 10.0 Å². The molecule has 0 aliphatic heterocycles. The fourth-order valence-electron chi connectivity index (χ4n) is 1.84. The number of rotatable bonds is 4. The van der Waals surface area contributed by atoms with Crippen LogP contribution >= 0.6 is 11.6 Å². The average molecular weight is 242 g/mol. The highest BCUT2D eigenvalue weighted by Crippen LogP contribution is 2.49. The van der Waals surface area contributed by atoms with Gasteiger partial charge in [0.25, 0.3) is 5.69 Å². The van der Waals surface area contributed by atoms with Crippen molar-refractivity contribution in [2.75, 3.05) is 6.61 Å². The number of aliphatic hydroxyl groups is 1. The maximum absolute atomic E-state index is 10.9. The zero-order valence-corrected chi connectivity index (χ0v) is 9.41. The van der Waals surface area contributed by atoms with Crippen molar-refractivity contribution >= 4 is 17.3 Å². The van der Waals surface area contributed by atoms with E-state index in [4.69, 9.17) is 11.6 Å². The molecule has 0 unspecified atom stereocenters. The minimum atomic E-state index is -0.422. The third-order valence-electron chi connectivity index (χ3n) is 3.14. The Bertz CT molecular complexity index is 429. The lowest BCUT2D eigenvalue weighted by atomic mass is 9.96. The third-order valence-corrected chi connectivity index (χ3v) is 3.49. The first kappa shape index (κ1) is 11.4. The number of nitro benzene ring substituents is 1. The fourth-order valence-corrected chi connectivity index (χ4v) is 2.07. The van der Waals surface area contributed by atoms with Crippen molar-refractivity contribution in [1.82, 2.24) is 0 Å². The topological polar surface area (TPSA) is 63.4 Å². The van der Waals surface area contributed by atoms with Crippen LogP contribution in [0.1, 0.15) is 18.4 Å². The molecule has 0 heterocycles. The number of nitro groups is 1. The van der Waals surface area contributed by atoms with Crippen molar-refractivity contribution in [2.24, 2.45) is 5.41 Å². The van der Waals surface area contributed by atoms with Crippen LogP contribution in [0.3, 0.4) is 0 Å². The zero-order valence-electron chi connectivity index (χ0n) is 8.65. The van der Waals surface area contributed by atoms with Crippen molar-refractivity contribution in [1.29, 1.82) is 0 Å². The lowest BCUT2D eigenvalue weighted by Crippen LogP contribution is -2.11. The van der Waals surface area contributed by atoms with Gasteiger partial charge >= 0.3 is 0 Å². The smallest absolute Gasteiger partial charge is 0.274 e. The molecule has 0 bridgehead atoms. The SMILES string of the molecule is O=[N+]([O-])c1cccc(Cl)c1CC1(CO)CC1. The molecule has 1 aromatic rings. The van der Waals surface area contributed by atoms with Crippen LogP contribution in [-0.4, -0.2) is 16.6 Å². The largest absolute Gasteiger partial charge is 0.396 e. The highest BCUT2D eigenvalue weighted by Gasteiger charge is 2.43. The van der Waals surface area contributed by atoms with E-state index in [1.165, 1.54) is 6.07 Å². The molecule has 4 nitrogen and oxygen atoms in total. The van der Waals surface area contributed by atoms with Crippen LogP contribution in [0.15, 0.2) is 18.2 Å². The van der Waals surface area contributed by atoms with Crippen LogP contribution in [0.2, 0.25) is 5.02 Å². The lowest BCUT2D eigenvalue weighted by Gasteiger charge is -2.12. The summed E-state index contributed by atoms with van der Waals surface area (Å²) in [4.78, 5) is 10.4. The van der Waals surface area contributed by atoms with E-state index in [2.05, 4.69) is 0 Å². The standard InChI is InChI=1S/C11H12ClNO3/c12-9-2-1-3-10(13(15)16)8(9)6-11(7-14)4-5-11/h1-3,14H,4-7H2. The molecule has 1 aromatic carbocycles. The summed E-state index contributed by atoms with van der Waals surface area (Å²) in [6, 6.07) is 4.68. The van der Waals surface area contributed by atoms with E-state index < -0.39 is 4.92 Å². The molecule has 0 atom stereocenters. The number of benzene rings is 1. The summed E-state index contributed by atoms with van der Waals surface area (Å²) >= 11 is 5.98. The molecule has 86 valence electrons. The molecule has 1 aliphatic carbocycles. The molecule has 1 saturated carbocycles. The lowest BCUT2D eigenvalue weighted by molar-refractivity contribution is -0.385. The fraction of sp³-hybridized carbons (Fsp3) is 0.455. The Hall–Kier alpha value is -1.13. The molecule has 1 fully saturated rings. The Morgan fingerprint density at radius 2 is 2.19 bits per heavy atom. The van der Waals surface area contributed by atoms with E-state index in [-0.39, 0.29) is 17.7 Å². The molecule has 0 saturated heterocycles. The van der Waals surface area contributed by atoms with E-state index >= 15 is 0 Å². The normalized spacial score (nSPS) is 17.1. The second-order valence-corrected chi connectivity index (χ2v) is 4.74. The van der Waals surface area contributed by atoms with E-state index in [0.717, 1.165) is 12.8 Å². The minimum absolute atomic E-state index is 0.0484. The molecule has 16 heavy (non-hydrogen) atoms. The summed E-state index contributed by atoms with van der Waals surface area (Å²) in [7, 11) is 0. The maximum Gasteiger partial charge on any atom is 0.274 e. The van der Waals surface area contributed by atoms with Gasteiger partial charge in [0.15, 0.2) is 0 Å². The van der Waals surface area contributed by atoms with Crippen LogP contribution in [-0.2, 0) is 6.42 Å². The number of aliphatic hydroxyl groups excluding tert-OH is 1. The number of nitrogens with zero attached hydrogens (tertiary/aromatic N) is 1. The molecule has 5 heteroatoms. The van der Waals surface area contributed by atoms with Crippen LogP contribution < -0.4 is 0 Å². The zero-order chi connectivity index (χ0) is 11.8. The first-order valence-electron chi connectivity index (χ1n) is 5.11. The van der Waals surface area contributed by atoms with Gasteiger partial charge in [0.05, 0.1) is 9.95 Å². The van der Waals surface area contributed by atoms with Crippen LogP contribution in [0.5, 0.6) is 0 Å². The van der Waals surface area contributed by atoms with E-state index in [1.54, 1.807) is 12.1 Å². The monoisotopic (exact) mass is 241 g/mol. The van der Waals surface area contributed by atoms with Gasteiger partial charge in [-0.05, 0) is 30.7 Å². The van der Waals surface area contributed by atoms with E-state index in [0.29, 0.717) is 17.0 Å². The quantitative estimate of drug-likeness (QED) is 0.651. The van der Waals surface area contributed by atoms with Gasteiger partial charge in [-0.3, -0.25) is 10.1 Å². The summed E-state index contributed by atoms with van der Waals surface area (Å²) in [5.74, 6) is 0. The van der Waals surface area contributed by atoms with Gasteiger partial charge in [0.1, 0.15) is 0 Å². The van der Waals surface area contributed by atoms with Crippen molar-refractivity contribution in [3.63, 3.8) is 0 Å². The first-order valence-corrected chi connectivity index (χ1v) is 5.48. The Kier molecular flexibility index (Phi) is 2.86. The molecule has 0 radical (unpaired) electrons. The molecule has 2 rings (SSSR count). The van der Waals surface area contributed by atoms with Gasteiger partial charge in [0.2, 0.25) is 0 Å². The van der Waals surface area contributed by atoms with Crippen molar-refractivity contribution in [2.45, 2.75) is 19.3 Å².